The van der Waals surface area contributed by atoms with Gasteiger partial charge >= 0.3 is 0 Å². The highest BCUT2D eigenvalue weighted by molar-refractivity contribution is 6.32. The van der Waals surface area contributed by atoms with E-state index in [9.17, 15) is 4.79 Å². The molecule has 0 fully saturated rings. The number of benzene rings is 3. The minimum atomic E-state index is -0.775. The van der Waals surface area contributed by atoms with Crippen molar-refractivity contribution in [1.29, 1.82) is 0 Å². The van der Waals surface area contributed by atoms with Crippen LogP contribution in [0.4, 0.5) is 0 Å². The van der Waals surface area contributed by atoms with E-state index in [2.05, 4.69) is 48.6 Å². The van der Waals surface area contributed by atoms with Crippen LogP contribution in [0.15, 0.2) is 66.7 Å². The molecule has 4 N–H and O–H groups in total. The lowest BCUT2D eigenvalue weighted by atomic mass is 9.96. The summed E-state index contributed by atoms with van der Waals surface area (Å²) in [5.74, 6) is -0.587. The fourth-order valence-electron chi connectivity index (χ4n) is 3.26. The average molecular weight is 421 g/mol. The Bertz CT molecular complexity index is 1050. The van der Waals surface area contributed by atoms with Crippen molar-refractivity contribution in [3.8, 4) is 11.1 Å². The fraction of sp³-hybridized carbons (Fsp3) is 0.160. The maximum Gasteiger partial charge on any atom is 0.236 e. The van der Waals surface area contributed by atoms with Crippen LogP contribution in [-0.4, -0.2) is 23.7 Å². The van der Waals surface area contributed by atoms with Crippen LogP contribution in [0, 0.1) is 6.92 Å². The molecule has 0 radical (unpaired) electrons. The molecule has 0 aromatic heterocycles. The van der Waals surface area contributed by atoms with Crippen LogP contribution < -0.4 is 11.1 Å². The topological polar surface area (TPSA) is 75.3 Å². The van der Waals surface area contributed by atoms with Crippen LogP contribution in [0.5, 0.6) is 0 Å². The van der Waals surface area contributed by atoms with Gasteiger partial charge < -0.3 is 10.8 Å². The van der Waals surface area contributed by atoms with E-state index in [1.54, 1.807) is 0 Å². The van der Waals surface area contributed by atoms with Crippen LogP contribution in [0.3, 0.4) is 0 Å². The Hall–Kier alpha value is -2.92. The number of carbonyl (C=O) groups excluding carboxylic acids is 1. The summed E-state index contributed by atoms with van der Waals surface area (Å²) in [5, 5.41) is 12.7. The number of amides is 1. The minimum Gasteiger partial charge on any atom is -0.394 e. The molecule has 0 aliphatic carbocycles. The quantitative estimate of drug-likeness (QED) is 0.472. The van der Waals surface area contributed by atoms with Crippen molar-refractivity contribution in [1.82, 2.24) is 5.32 Å². The first kappa shape index (κ1) is 21.8. The van der Waals surface area contributed by atoms with E-state index in [-0.39, 0.29) is 6.61 Å². The van der Waals surface area contributed by atoms with Crippen LogP contribution >= 0.6 is 11.6 Å². The molecule has 3 rings (SSSR count). The molecule has 154 valence electrons. The number of aliphatic hydroxyl groups is 1. The van der Waals surface area contributed by atoms with Gasteiger partial charge in [0.2, 0.25) is 5.91 Å². The normalized spacial score (nSPS) is 12.2. The summed E-state index contributed by atoms with van der Waals surface area (Å²) in [6.07, 6.45) is 4.06. The number of rotatable bonds is 8. The molecule has 3 aromatic rings. The lowest BCUT2D eigenvalue weighted by Gasteiger charge is -2.13. The van der Waals surface area contributed by atoms with Gasteiger partial charge in [-0.2, -0.15) is 0 Å². The van der Waals surface area contributed by atoms with Crippen molar-refractivity contribution < 1.29 is 9.90 Å². The number of carbonyl (C=O) groups is 1. The van der Waals surface area contributed by atoms with Crippen molar-refractivity contribution in [2.45, 2.75) is 19.5 Å². The molecular weight excluding hydrogens is 396 g/mol. The SMILES string of the molecule is Cc1c(/C=C/c2ccc(CN[C@H](CO)C(N)=O)cc2Cl)cccc1-c1ccccc1. The van der Waals surface area contributed by atoms with Gasteiger partial charge in [-0.1, -0.05) is 84.4 Å². The van der Waals surface area contributed by atoms with Gasteiger partial charge in [0.25, 0.3) is 0 Å². The van der Waals surface area contributed by atoms with Crippen LogP contribution in [-0.2, 0) is 11.3 Å². The van der Waals surface area contributed by atoms with E-state index >= 15 is 0 Å². The average Bonchev–Trinajstić information content (AvgIpc) is 2.75. The summed E-state index contributed by atoms with van der Waals surface area (Å²) in [6, 6.07) is 21.5. The molecule has 1 atom stereocenters. The van der Waals surface area contributed by atoms with E-state index in [1.165, 1.54) is 16.7 Å². The maximum atomic E-state index is 11.2. The van der Waals surface area contributed by atoms with Gasteiger partial charge in [-0.3, -0.25) is 10.1 Å². The van der Waals surface area contributed by atoms with Gasteiger partial charge in [-0.15, -0.1) is 0 Å². The molecule has 1 amide bonds. The summed E-state index contributed by atoms with van der Waals surface area (Å²) in [7, 11) is 0. The molecule has 0 aliphatic rings. The third-order valence-corrected chi connectivity index (χ3v) is 5.37. The molecule has 0 heterocycles. The van der Waals surface area contributed by atoms with Crippen LogP contribution in [0.1, 0.15) is 22.3 Å². The zero-order valence-electron chi connectivity index (χ0n) is 16.8. The summed E-state index contributed by atoms with van der Waals surface area (Å²) in [5.41, 5.74) is 11.8. The Labute approximate surface area is 182 Å². The zero-order valence-corrected chi connectivity index (χ0v) is 17.6. The monoisotopic (exact) mass is 420 g/mol. The van der Waals surface area contributed by atoms with Gasteiger partial charge in [0.1, 0.15) is 6.04 Å². The van der Waals surface area contributed by atoms with Crippen molar-refractivity contribution >= 4 is 29.7 Å². The van der Waals surface area contributed by atoms with Gasteiger partial charge in [0, 0.05) is 11.6 Å². The number of primary amides is 1. The largest absolute Gasteiger partial charge is 0.394 e. The zero-order chi connectivity index (χ0) is 21.5. The molecule has 5 heteroatoms. The Kier molecular flexibility index (Phi) is 7.41. The molecular formula is C25H25ClN2O2. The first-order chi connectivity index (χ1) is 14.5. The first-order valence-electron chi connectivity index (χ1n) is 9.74. The third kappa shape index (κ3) is 5.36. The van der Waals surface area contributed by atoms with E-state index in [1.807, 2.05) is 42.5 Å². The highest BCUT2D eigenvalue weighted by Gasteiger charge is 2.13. The lowest BCUT2D eigenvalue weighted by Crippen LogP contribution is -2.43. The van der Waals surface area contributed by atoms with Gasteiger partial charge in [-0.25, -0.2) is 0 Å². The van der Waals surface area contributed by atoms with E-state index < -0.39 is 11.9 Å². The standard InChI is InChI=1S/C25H25ClN2O2/c1-17-19(8-5-9-22(17)20-6-3-2-4-7-20)12-13-21-11-10-18(14-23(21)26)15-28-24(16-29)25(27)30/h2-14,24,28-29H,15-16H2,1H3,(H2,27,30)/b13-12+/t24-/m1/s1. The van der Waals surface area contributed by atoms with Crippen molar-refractivity contribution in [3.63, 3.8) is 0 Å². The Balaban J connectivity index is 1.76. The fourth-order valence-corrected chi connectivity index (χ4v) is 3.52. The van der Waals surface area contributed by atoms with E-state index in [4.69, 9.17) is 22.4 Å². The first-order valence-corrected chi connectivity index (χ1v) is 10.1. The Morgan fingerprint density at radius 1 is 1.07 bits per heavy atom. The Morgan fingerprint density at radius 2 is 1.80 bits per heavy atom. The molecule has 30 heavy (non-hydrogen) atoms. The maximum absolute atomic E-state index is 11.2. The second-order valence-electron chi connectivity index (χ2n) is 7.09. The third-order valence-electron chi connectivity index (χ3n) is 5.05. The molecule has 4 nitrogen and oxygen atoms in total. The second kappa shape index (κ2) is 10.2. The molecule has 0 bridgehead atoms. The molecule has 0 spiro atoms. The minimum absolute atomic E-state index is 0.342. The number of nitrogens with two attached hydrogens (primary N) is 1. The smallest absolute Gasteiger partial charge is 0.236 e. The number of aliphatic hydroxyl groups excluding tert-OH is 1. The predicted molar refractivity (Wildman–Crippen MR) is 124 cm³/mol. The molecule has 0 saturated carbocycles. The van der Waals surface area contributed by atoms with Gasteiger partial charge in [-0.05, 0) is 46.4 Å². The summed E-state index contributed by atoms with van der Waals surface area (Å²) in [6.45, 7) is 2.16. The second-order valence-corrected chi connectivity index (χ2v) is 7.50. The summed E-state index contributed by atoms with van der Waals surface area (Å²) < 4.78 is 0. The van der Waals surface area contributed by atoms with Crippen molar-refractivity contribution in [3.05, 3.63) is 94.0 Å². The number of hydrogen-bond donors (Lipinski definition) is 3. The Morgan fingerprint density at radius 3 is 2.47 bits per heavy atom. The molecule has 0 unspecified atom stereocenters. The lowest BCUT2D eigenvalue weighted by molar-refractivity contribution is -0.120. The van der Waals surface area contributed by atoms with Gasteiger partial charge in [0.15, 0.2) is 0 Å². The molecule has 0 saturated heterocycles. The molecule has 3 aromatic carbocycles. The highest BCUT2D eigenvalue weighted by atomic mass is 35.5. The molecule has 0 aliphatic heterocycles. The van der Waals surface area contributed by atoms with Crippen molar-refractivity contribution in [2.75, 3.05) is 6.61 Å². The summed E-state index contributed by atoms with van der Waals surface area (Å²) >= 11 is 6.45. The van der Waals surface area contributed by atoms with E-state index in [0.717, 1.165) is 16.7 Å². The number of halogens is 1. The van der Waals surface area contributed by atoms with E-state index in [0.29, 0.717) is 11.6 Å². The number of hydrogen-bond acceptors (Lipinski definition) is 3. The summed E-state index contributed by atoms with van der Waals surface area (Å²) in [4.78, 5) is 11.2. The van der Waals surface area contributed by atoms with Crippen LogP contribution in [0.2, 0.25) is 5.02 Å². The van der Waals surface area contributed by atoms with Gasteiger partial charge in [0.05, 0.1) is 6.61 Å². The predicted octanol–water partition coefficient (Wildman–Crippen LogP) is 4.42. The van der Waals surface area contributed by atoms with Crippen molar-refractivity contribution in [2.24, 2.45) is 5.73 Å². The van der Waals surface area contributed by atoms with Crippen LogP contribution in [0.25, 0.3) is 23.3 Å². The number of nitrogens with one attached hydrogen (secondary N) is 1. The highest BCUT2D eigenvalue weighted by Crippen LogP contribution is 2.27.